The predicted octanol–water partition coefficient (Wildman–Crippen LogP) is 2.10. The first-order valence-electron chi connectivity index (χ1n) is 6.44. The number of halogens is 2. The lowest BCUT2D eigenvalue weighted by atomic mass is 10.1. The molecule has 0 bridgehead atoms. The Morgan fingerprint density at radius 2 is 2.13 bits per heavy atom. The normalized spacial score (nSPS) is 11.0. The van der Waals surface area contributed by atoms with Crippen molar-refractivity contribution in [3.63, 3.8) is 0 Å². The van der Waals surface area contributed by atoms with E-state index < -0.39 is 12.4 Å². The number of hydrogen-bond donors (Lipinski definition) is 0. The van der Waals surface area contributed by atoms with E-state index in [1.807, 2.05) is 0 Å². The first-order valence-corrected chi connectivity index (χ1v) is 6.44. The Hall–Kier alpha value is -3.10. The summed E-state index contributed by atoms with van der Waals surface area (Å²) >= 11 is 0. The summed E-state index contributed by atoms with van der Waals surface area (Å²) < 4.78 is 35.6. The van der Waals surface area contributed by atoms with E-state index >= 15 is 0 Å². The molecular weight excluding hydrogens is 310 g/mol. The largest absolute Gasteiger partial charge is 0.437 e. The maximum atomic E-state index is 12.6. The number of aryl methyl sites for hydroxylation is 1. The van der Waals surface area contributed by atoms with Crippen LogP contribution in [-0.4, -0.2) is 26.4 Å². The van der Waals surface area contributed by atoms with Gasteiger partial charge in [-0.25, -0.2) is 4.79 Å². The van der Waals surface area contributed by atoms with Gasteiger partial charge in [-0.05, 0) is 18.2 Å². The second kappa shape index (κ2) is 5.95. The number of alkyl halides is 2. The first kappa shape index (κ1) is 14.8. The van der Waals surface area contributed by atoms with Crippen LogP contribution in [0, 0.1) is 0 Å². The number of rotatable bonds is 4. The molecule has 0 N–H and O–H groups in total. The number of benzene rings is 1. The van der Waals surface area contributed by atoms with Crippen LogP contribution in [0.1, 0.15) is 0 Å². The standard InChI is InChI=1S/C14H10F2N4O3/c1-20-14(21)23-12(19-20)8-2-3-11(22-13(15)16)9(6-8)10-7-17-4-5-18-10/h2-7,13H,1H3. The maximum Gasteiger partial charge on any atom is 0.437 e. The molecule has 0 radical (unpaired) electrons. The Kier molecular flexibility index (Phi) is 3.83. The molecule has 0 aliphatic rings. The molecule has 0 amide bonds. The molecule has 0 saturated heterocycles. The molecule has 0 saturated carbocycles. The lowest BCUT2D eigenvalue weighted by Crippen LogP contribution is -2.09. The molecule has 118 valence electrons. The Labute approximate surface area is 128 Å². The third-order valence-corrected chi connectivity index (χ3v) is 2.97. The van der Waals surface area contributed by atoms with Crippen LogP contribution in [0.15, 0.2) is 46.0 Å². The smallest absolute Gasteiger partial charge is 0.434 e. The minimum atomic E-state index is -2.98. The molecule has 0 aliphatic carbocycles. The van der Waals surface area contributed by atoms with Gasteiger partial charge in [0.1, 0.15) is 5.75 Å². The fourth-order valence-electron chi connectivity index (χ4n) is 1.96. The summed E-state index contributed by atoms with van der Waals surface area (Å²) in [7, 11) is 1.44. The Morgan fingerprint density at radius 1 is 1.30 bits per heavy atom. The van der Waals surface area contributed by atoms with Gasteiger partial charge in [0.25, 0.3) is 0 Å². The van der Waals surface area contributed by atoms with Gasteiger partial charge in [0, 0.05) is 30.6 Å². The molecule has 2 heterocycles. The van der Waals surface area contributed by atoms with E-state index in [0.717, 1.165) is 4.68 Å². The van der Waals surface area contributed by atoms with E-state index in [4.69, 9.17) is 4.42 Å². The van der Waals surface area contributed by atoms with E-state index in [2.05, 4.69) is 19.8 Å². The van der Waals surface area contributed by atoms with Gasteiger partial charge in [-0.2, -0.15) is 13.5 Å². The van der Waals surface area contributed by atoms with Crippen LogP contribution in [0.3, 0.4) is 0 Å². The van der Waals surface area contributed by atoms with Gasteiger partial charge in [0.2, 0.25) is 5.89 Å². The van der Waals surface area contributed by atoms with Crippen molar-refractivity contribution >= 4 is 0 Å². The molecule has 3 aromatic rings. The highest BCUT2D eigenvalue weighted by Gasteiger charge is 2.16. The summed E-state index contributed by atoms with van der Waals surface area (Å²) in [6, 6.07) is 4.29. The molecule has 3 rings (SSSR count). The average molecular weight is 320 g/mol. The van der Waals surface area contributed by atoms with Crippen LogP contribution in [0.2, 0.25) is 0 Å². The van der Waals surface area contributed by atoms with Crippen LogP contribution in [0.5, 0.6) is 5.75 Å². The zero-order chi connectivity index (χ0) is 16.4. The Balaban J connectivity index is 2.13. The van der Waals surface area contributed by atoms with E-state index in [1.54, 1.807) is 0 Å². The number of aromatic nitrogens is 4. The Morgan fingerprint density at radius 3 is 2.74 bits per heavy atom. The summed E-state index contributed by atoms with van der Waals surface area (Å²) in [5.41, 5.74) is 1.04. The lowest BCUT2D eigenvalue weighted by molar-refractivity contribution is -0.0494. The lowest BCUT2D eigenvalue weighted by Gasteiger charge is -2.11. The molecule has 0 atom stereocenters. The van der Waals surface area contributed by atoms with Crippen LogP contribution in [0.4, 0.5) is 8.78 Å². The van der Waals surface area contributed by atoms with Crippen molar-refractivity contribution in [2.24, 2.45) is 7.05 Å². The minimum absolute atomic E-state index is 0.0613. The number of ether oxygens (including phenoxy) is 1. The SMILES string of the molecule is Cn1nc(-c2ccc(OC(F)F)c(-c3cnccn3)c2)oc1=O. The summed E-state index contributed by atoms with van der Waals surface area (Å²) in [4.78, 5) is 19.3. The quantitative estimate of drug-likeness (QED) is 0.732. The topological polar surface area (TPSA) is 83.0 Å². The van der Waals surface area contributed by atoms with Gasteiger partial charge in [-0.1, -0.05) is 0 Å². The van der Waals surface area contributed by atoms with E-state index in [-0.39, 0.29) is 17.2 Å². The second-order valence-electron chi connectivity index (χ2n) is 4.48. The van der Waals surface area contributed by atoms with Crippen LogP contribution < -0.4 is 10.5 Å². The molecule has 0 fully saturated rings. The summed E-state index contributed by atoms with van der Waals surface area (Å²) in [6.45, 7) is -2.98. The van der Waals surface area contributed by atoms with Gasteiger partial charge < -0.3 is 9.15 Å². The van der Waals surface area contributed by atoms with Crippen molar-refractivity contribution in [1.82, 2.24) is 19.7 Å². The van der Waals surface area contributed by atoms with Crippen molar-refractivity contribution in [2.45, 2.75) is 6.61 Å². The van der Waals surface area contributed by atoms with Crippen molar-refractivity contribution in [2.75, 3.05) is 0 Å². The average Bonchev–Trinajstić information content (AvgIpc) is 2.87. The zero-order valence-corrected chi connectivity index (χ0v) is 11.8. The molecule has 9 heteroatoms. The van der Waals surface area contributed by atoms with Gasteiger partial charge in [-0.3, -0.25) is 9.97 Å². The van der Waals surface area contributed by atoms with Crippen LogP contribution >= 0.6 is 0 Å². The van der Waals surface area contributed by atoms with E-state index in [1.165, 1.54) is 43.8 Å². The fraction of sp³-hybridized carbons (Fsp3) is 0.143. The van der Waals surface area contributed by atoms with Gasteiger partial charge >= 0.3 is 12.4 Å². The molecule has 0 spiro atoms. The zero-order valence-electron chi connectivity index (χ0n) is 11.8. The van der Waals surface area contributed by atoms with Crippen molar-refractivity contribution in [3.8, 4) is 28.5 Å². The molecule has 0 unspecified atom stereocenters. The monoisotopic (exact) mass is 320 g/mol. The highest BCUT2D eigenvalue weighted by Crippen LogP contribution is 2.33. The highest BCUT2D eigenvalue weighted by atomic mass is 19.3. The molecular formula is C14H10F2N4O3. The molecule has 23 heavy (non-hydrogen) atoms. The predicted molar refractivity (Wildman–Crippen MR) is 74.8 cm³/mol. The van der Waals surface area contributed by atoms with Gasteiger partial charge in [-0.15, -0.1) is 5.10 Å². The van der Waals surface area contributed by atoms with Crippen LogP contribution in [0.25, 0.3) is 22.7 Å². The maximum absolute atomic E-state index is 12.6. The molecule has 1 aromatic carbocycles. The van der Waals surface area contributed by atoms with Crippen molar-refractivity contribution in [1.29, 1.82) is 0 Å². The molecule has 7 nitrogen and oxygen atoms in total. The second-order valence-corrected chi connectivity index (χ2v) is 4.48. The number of nitrogens with zero attached hydrogens (tertiary/aromatic N) is 4. The van der Waals surface area contributed by atoms with Crippen molar-refractivity contribution < 1.29 is 17.9 Å². The van der Waals surface area contributed by atoms with Gasteiger partial charge in [0.05, 0.1) is 11.9 Å². The minimum Gasteiger partial charge on any atom is -0.434 e. The first-order chi connectivity index (χ1) is 11.0. The van der Waals surface area contributed by atoms with Gasteiger partial charge in [0.15, 0.2) is 0 Å². The summed E-state index contributed by atoms with van der Waals surface area (Å²) in [5, 5.41) is 3.92. The fourth-order valence-corrected chi connectivity index (χ4v) is 1.96. The van der Waals surface area contributed by atoms with E-state index in [0.29, 0.717) is 11.3 Å². The summed E-state index contributed by atoms with van der Waals surface area (Å²) in [6.07, 6.45) is 4.29. The molecule has 0 aliphatic heterocycles. The third-order valence-electron chi connectivity index (χ3n) is 2.97. The molecule has 2 aromatic heterocycles. The highest BCUT2D eigenvalue weighted by molar-refractivity contribution is 5.72. The van der Waals surface area contributed by atoms with Crippen LogP contribution in [-0.2, 0) is 7.05 Å². The van der Waals surface area contributed by atoms with Crippen molar-refractivity contribution in [3.05, 3.63) is 47.3 Å². The number of hydrogen-bond acceptors (Lipinski definition) is 6. The third kappa shape index (κ3) is 3.07. The van der Waals surface area contributed by atoms with E-state index in [9.17, 15) is 13.6 Å². The summed E-state index contributed by atoms with van der Waals surface area (Å²) in [5.74, 6) is -0.636. The Bertz CT molecular complexity index is 877.